The number of benzene rings is 1. The summed E-state index contributed by atoms with van der Waals surface area (Å²) >= 11 is 0. The summed E-state index contributed by atoms with van der Waals surface area (Å²) in [6, 6.07) is 13.6. The van der Waals surface area contributed by atoms with Gasteiger partial charge >= 0.3 is 0 Å². The fourth-order valence-corrected chi connectivity index (χ4v) is 5.96. The van der Waals surface area contributed by atoms with Gasteiger partial charge in [0.25, 0.3) is 0 Å². The Kier molecular flexibility index (Phi) is 6.24. The molecule has 0 radical (unpaired) electrons. The summed E-state index contributed by atoms with van der Waals surface area (Å²) in [6.45, 7) is 4.31. The number of amides is 1. The Labute approximate surface area is 189 Å². The first kappa shape index (κ1) is 22.3. The van der Waals surface area contributed by atoms with E-state index in [0.717, 1.165) is 34.0 Å². The predicted molar refractivity (Wildman–Crippen MR) is 123 cm³/mol. The van der Waals surface area contributed by atoms with Gasteiger partial charge in [0, 0.05) is 43.3 Å². The first-order valence-electron chi connectivity index (χ1n) is 10.9. The average molecular weight is 456 g/mol. The van der Waals surface area contributed by atoms with Crippen molar-refractivity contribution >= 4 is 15.7 Å². The fraction of sp³-hybridized carbons (Fsp3) is 0.417. The maximum absolute atomic E-state index is 12.7. The largest absolute Gasteiger partial charge is 0.461 e. The zero-order chi connectivity index (χ0) is 22.9. The number of rotatable bonds is 7. The van der Waals surface area contributed by atoms with Crippen LogP contribution in [0.3, 0.4) is 0 Å². The van der Waals surface area contributed by atoms with Crippen LogP contribution in [0.25, 0.3) is 11.3 Å². The molecule has 1 saturated heterocycles. The minimum atomic E-state index is -2.98. The van der Waals surface area contributed by atoms with Gasteiger partial charge in [0.05, 0.1) is 23.2 Å². The third-order valence-electron chi connectivity index (χ3n) is 6.16. The molecule has 1 unspecified atom stereocenters. The monoisotopic (exact) mass is 455 g/mol. The summed E-state index contributed by atoms with van der Waals surface area (Å²) in [5.41, 5.74) is 3.77. The smallest absolute Gasteiger partial charge is 0.223 e. The molecule has 0 aliphatic carbocycles. The molecule has 3 heterocycles. The number of aromatic nitrogens is 2. The summed E-state index contributed by atoms with van der Waals surface area (Å²) in [6.07, 6.45) is 1.48. The van der Waals surface area contributed by atoms with Crippen LogP contribution in [-0.4, -0.2) is 47.6 Å². The minimum Gasteiger partial charge on any atom is -0.461 e. The zero-order valence-corrected chi connectivity index (χ0v) is 19.6. The third kappa shape index (κ3) is 4.80. The van der Waals surface area contributed by atoms with E-state index in [0.29, 0.717) is 25.8 Å². The van der Waals surface area contributed by atoms with Gasteiger partial charge in [-0.2, -0.15) is 5.10 Å². The highest BCUT2D eigenvalue weighted by Crippen LogP contribution is 2.27. The second-order valence-electron chi connectivity index (χ2n) is 8.53. The predicted octanol–water partition coefficient (Wildman–Crippen LogP) is 3.71. The molecule has 7 nitrogen and oxygen atoms in total. The average Bonchev–Trinajstić information content (AvgIpc) is 3.46. The van der Waals surface area contributed by atoms with E-state index in [9.17, 15) is 13.2 Å². The summed E-state index contributed by atoms with van der Waals surface area (Å²) in [7, 11) is -1.20. The Bertz CT molecular complexity index is 1210. The number of carbonyl (C=O) groups excluding carboxylic acids is 1. The molecular weight excluding hydrogens is 426 g/mol. The molecule has 32 heavy (non-hydrogen) atoms. The Morgan fingerprint density at radius 3 is 2.62 bits per heavy atom. The van der Waals surface area contributed by atoms with Crippen molar-refractivity contribution in [1.82, 2.24) is 14.7 Å². The molecule has 170 valence electrons. The lowest BCUT2D eigenvalue weighted by atomic mass is 10.1. The molecule has 3 aromatic rings. The standard InChI is InChI=1S/C24H29N3O4S/c1-17-22(18(2)27(25-17)20-13-14-32(29,30)16-20)15-26(3)24(28)12-10-21-9-11-23(31-21)19-7-5-4-6-8-19/h4-9,11,20H,10,12-16H2,1-3H3. The van der Waals surface area contributed by atoms with Gasteiger partial charge in [0.15, 0.2) is 9.84 Å². The first-order chi connectivity index (χ1) is 15.2. The van der Waals surface area contributed by atoms with Crippen LogP contribution in [0, 0.1) is 13.8 Å². The molecule has 2 aromatic heterocycles. The second-order valence-corrected chi connectivity index (χ2v) is 10.8. The summed E-state index contributed by atoms with van der Waals surface area (Å²) in [5.74, 6) is 1.96. The number of hydrogen-bond donors (Lipinski definition) is 0. The van der Waals surface area contributed by atoms with Crippen LogP contribution in [0.5, 0.6) is 0 Å². The van der Waals surface area contributed by atoms with Gasteiger partial charge in [-0.1, -0.05) is 30.3 Å². The van der Waals surface area contributed by atoms with Crippen molar-refractivity contribution in [2.75, 3.05) is 18.6 Å². The van der Waals surface area contributed by atoms with Gasteiger partial charge in [0.1, 0.15) is 11.5 Å². The van der Waals surface area contributed by atoms with E-state index in [1.807, 2.05) is 61.0 Å². The third-order valence-corrected chi connectivity index (χ3v) is 7.91. The Morgan fingerprint density at radius 2 is 1.94 bits per heavy atom. The van der Waals surface area contributed by atoms with Crippen LogP contribution >= 0.6 is 0 Å². The molecule has 4 rings (SSSR count). The molecule has 1 amide bonds. The highest BCUT2D eigenvalue weighted by Gasteiger charge is 2.31. The van der Waals surface area contributed by atoms with Crippen molar-refractivity contribution in [3.8, 4) is 11.3 Å². The molecule has 0 N–H and O–H groups in total. The second kappa shape index (κ2) is 8.94. The van der Waals surface area contributed by atoms with Crippen LogP contribution in [-0.2, 0) is 27.6 Å². The number of sulfone groups is 1. The topological polar surface area (TPSA) is 85.4 Å². The van der Waals surface area contributed by atoms with E-state index in [1.165, 1.54) is 0 Å². The SMILES string of the molecule is Cc1nn(C2CCS(=O)(=O)C2)c(C)c1CN(C)C(=O)CCc1ccc(-c2ccccc2)o1. The molecule has 1 aliphatic heterocycles. The number of carbonyl (C=O) groups is 1. The maximum Gasteiger partial charge on any atom is 0.223 e. The molecule has 1 fully saturated rings. The first-order valence-corrected chi connectivity index (χ1v) is 12.7. The van der Waals surface area contributed by atoms with Gasteiger partial charge in [-0.25, -0.2) is 8.42 Å². The van der Waals surface area contributed by atoms with Crippen molar-refractivity contribution in [2.24, 2.45) is 0 Å². The lowest BCUT2D eigenvalue weighted by Crippen LogP contribution is -2.27. The lowest BCUT2D eigenvalue weighted by molar-refractivity contribution is -0.130. The number of aryl methyl sites for hydroxylation is 2. The maximum atomic E-state index is 12.7. The van der Waals surface area contributed by atoms with Gasteiger partial charge in [-0.15, -0.1) is 0 Å². The lowest BCUT2D eigenvalue weighted by Gasteiger charge is -2.18. The Morgan fingerprint density at radius 1 is 1.19 bits per heavy atom. The summed E-state index contributed by atoms with van der Waals surface area (Å²) in [5, 5.41) is 4.59. The van der Waals surface area contributed by atoms with E-state index in [-0.39, 0.29) is 23.5 Å². The number of nitrogens with zero attached hydrogens (tertiary/aromatic N) is 3. The highest BCUT2D eigenvalue weighted by molar-refractivity contribution is 7.91. The summed E-state index contributed by atoms with van der Waals surface area (Å²) < 4.78 is 31.4. The van der Waals surface area contributed by atoms with E-state index in [2.05, 4.69) is 5.10 Å². The van der Waals surface area contributed by atoms with Crippen LogP contribution in [0.1, 0.15) is 41.6 Å². The quantitative estimate of drug-likeness (QED) is 0.542. The molecule has 1 aromatic carbocycles. The van der Waals surface area contributed by atoms with Crippen LogP contribution in [0.15, 0.2) is 46.9 Å². The molecule has 0 saturated carbocycles. The Balaban J connectivity index is 1.37. The fourth-order valence-electron chi connectivity index (χ4n) is 4.27. The molecular formula is C24H29N3O4S. The molecule has 1 atom stereocenters. The van der Waals surface area contributed by atoms with E-state index >= 15 is 0 Å². The Hall–Kier alpha value is -2.87. The highest BCUT2D eigenvalue weighted by atomic mass is 32.2. The van der Waals surface area contributed by atoms with Crippen molar-refractivity contribution in [3.05, 3.63) is 65.2 Å². The van der Waals surface area contributed by atoms with Crippen molar-refractivity contribution in [1.29, 1.82) is 0 Å². The molecule has 8 heteroatoms. The molecule has 1 aliphatic rings. The van der Waals surface area contributed by atoms with Crippen LogP contribution < -0.4 is 0 Å². The molecule has 0 spiro atoms. The normalized spacial score (nSPS) is 17.5. The van der Waals surface area contributed by atoms with Gasteiger partial charge in [-0.3, -0.25) is 9.48 Å². The molecule has 0 bridgehead atoms. The van der Waals surface area contributed by atoms with E-state index in [1.54, 1.807) is 11.9 Å². The number of hydrogen-bond acceptors (Lipinski definition) is 5. The van der Waals surface area contributed by atoms with Gasteiger partial charge in [0.2, 0.25) is 5.91 Å². The van der Waals surface area contributed by atoms with Crippen molar-refractivity contribution in [3.63, 3.8) is 0 Å². The van der Waals surface area contributed by atoms with Crippen molar-refractivity contribution < 1.29 is 17.6 Å². The number of furan rings is 1. The van der Waals surface area contributed by atoms with Crippen LogP contribution in [0.4, 0.5) is 0 Å². The minimum absolute atomic E-state index is 0.0256. The van der Waals surface area contributed by atoms with E-state index in [4.69, 9.17) is 4.42 Å². The van der Waals surface area contributed by atoms with E-state index < -0.39 is 9.84 Å². The van der Waals surface area contributed by atoms with Crippen LogP contribution in [0.2, 0.25) is 0 Å². The van der Waals surface area contributed by atoms with Gasteiger partial charge in [-0.05, 0) is 32.4 Å². The van der Waals surface area contributed by atoms with Crippen molar-refractivity contribution in [2.45, 2.75) is 45.7 Å². The zero-order valence-electron chi connectivity index (χ0n) is 18.7. The van der Waals surface area contributed by atoms with Gasteiger partial charge < -0.3 is 9.32 Å². The summed E-state index contributed by atoms with van der Waals surface area (Å²) in [4.78, 5) is 14.4.